The van der Waals surface area contributed by atoms with Crippen molar-refractivity contribution in [1.29, 1.82) is 0 Å². The smallest absolute Gasteiger partial charge is 0.221 e. The third kappa shape index (κ3) is 5.11. The molecule has 0 heterocycles. The van der Waals surface area contributed by atoms with Gasteiger partial charge in [0.25, 0.3) is 0 Å². The topological polar surface area (TPSA) is 52.6 Å². The molecular formula is C18H28N2O2. The van der Waals surface area contributed by atoms with E-state index in [0.717, 1.165) is 24.2 Å². The molecule has 1 aliphatic rings. The molecule has 0 saturated heterocycles. The molecule has 0 aromatic heterocycles. The van der Waals surface area contributed by atoms with Crippen LogP contribution in [0.2, 0.25) is 0 Å². The number of aliphatic hydroxyl groups excluding tert-OH is 1. The fourth-order valence-electron chi connectivity index (χ4n) is 3.19. The van der Waals surface area contributed by atoms with Crippen molar-refractivity contribution in [1.82, 2.24) is 4.90 Å². The van der Waals surface area contributed by atoms with Crippen LogP contribution >= 0.6 is 0 Å². The third-order valence-corrected chi connectivity index (χ3v) is 4.57. The van der Waals surface area contributed by atoms with Crippen LogP contribution in [0.25, 0.3) is 0 Å². The number of carbonyl (C=O) groups excluding carboxylic acids is 1. The minimum atomic E-state index is -0.447. The Labute approximate surface area is 133 Å². The van der Waals surface area contributed by atoms with E-state index in [-0.39, 0.29) is 5.91 Å². The zero-order valence-electron chi connectivity index (χ0n) is 13.7. The number of hydrogen-bond acceptors (Lipinski definition) is 3. The van der Waals surface area contributed by atoms with Crippen molar-refractivity contribution in [2.45, 2.75) is 57.6 Å². The van der Waals surface area contributed by atoms with Gasteiger partial charge in [-0.3, -0.25) is 4.79 Å². The van der Waals surface area contributed by atoms with Gasteiger partial charge in [0, 0.05) is 25.2 Å². The first kappa shape index (κ1) is 17.0. The van der Waals surface area contributed by atoms with Crippen LogP contribution in [0.3, 0.4) is 0 Å². The summed E-state index contributed by atoms with van der Waals surface area (Å²) in [4.78, 5) is 13.4. The Morgan fingerprint density at radius 2 is 1.91 bits per heavy atom. The molecular weight excluding hydrogens is 276 g/mol. The second-order valence-electron chi connectivity index (χ2n) is 6.38. The first-order valence-electron chi connectivity index (χ1n) is 8.32. The fraction of sp³-hybridized carbons (Fsp3) is 0.611. The highest BCUT2D eigenvalue weighted by molar-refractivity contribution is 5.88. The Kier molecular flexibility index (Phi) is 6.40. The lowest BCUT2D eigenvalue weighted by atomic mass is 9.94. The Hall–Kier alpha value is -1.39. The van der Waals surface area contributed by atoms with Gasteiger partial charge < -0.3 is 15.3 Å². The Bertz CT molecular complexity index is 466. The van der Waals surface area contributed by atoms with E-state index in [2.05, 4.69) is 17.3 Å². The van der Waals surface area contributed by atoms with Gasteiger partial charge in [0.05, 0.1) is 6.10 Å². The monoisotopic (exact) mass is 304 g/mol. The van der Waals surface area contributed by atoms with Gasteiger partial charge in [0.2, 0.25) is 5.91 Å². The number of carbonyl (C=O) groups is 1. The lowest BCUT2D eigenvalue weighted by molar-refractivity contribution is -0.114. The highest BCUT2D eigenvalue weighted by atomic mass is 16.3. The van der Waals surface area contributed by atoms with Crippen LogP contribution in [-0.4, -0.2) is 35.5 Å². The van der Waals surface area contributed by atoms with E-state index in [1.807, 2.05) is 24.3 Å². The lowest BCUT2D eigenvalue weighted by Gasteiger charge is -2.31. The van der Waals surface area contributed by atoms with Crippen LogP contribution in [0.5, 0.6) is 0 Å². The molecule has 4 heteroatoms. The summed E-state index contributed by atoms with van der Waals surface area (Å²) in [5, 5.41) is 13.1. The van der Waals surface area contributed by atoms with Crippen LogP contribution < -0.4 is 5.32 Å². The number of amides is 1. The molecule has 2 N–H and O–H groups in total. The van der Waals surface area contributed by atoms with E-state index < -0.39 is 6.10 Å². The van der Waals surface area contributed by atoms with Gasteiger partial charge in [-0.1, -0.05) is 31.4 Å². The van der Waals surface area contributed by atoms with Crippen LogP contribution in [0, 0.1) is 0 Å². The molecule has 122 valence electrons. The molecule has 1 aromatic carbocycles. The summed E-state index contributed by atoms with van der Waals surface area (Å²) in [6.45, 7) is 2.41. The Morgan fingerprint density at radius 1 is 1.27 bits per heavy atom. The minimum absolute atomic E-state index is 0.0811. The van der Waals surface area contributed by atoms with Gasteiger partial charge in [0.15, 0.2) is 0 Å². The molecule has 1 unspecified atom stereocenters. The van der Waals surface area contributed by atoms with Gasteiger partial charge >= 0.3 is 0 Å². The van der Waals surface area contributed by atoms with Crippen molar-refractivity contribution in [2.75, 3.05) is 18.9 Å². The van der Waals surface area contributed by atoms with Gasteiger partial charge in [0.1, 0.15) is 0 Å². The maximum Gasteiger partial charge on any atom is 0.221 e. The predicted octanol–water partition coefficient (Wildman–Crippen LogP) is 3.33. The zero-order chi connectivity index (χ0) is 15.9. The number of nitrogens with zero attached hydrogens (tertiary/aromatic N) is 1. The number of nitrogens with one attached hydrogen (secondary N) is 1. The Morgan fingerprint density at radius 3 is 2.50 bits per heavy atom. The molecule has 0 aliphatic heterocycles. The summed E-state index contributed by atoms with van der Waals surface area (Å²) >= 11 is 0. The standard InChI is InChI=1S/C18H28N2O2/c1-14(21)19-16-10-8-15(9-11-16)18(22)12-13-20(2)17-6-4-3-5-7-17/h8-11,17-18,22H,3-7,12-13H2,1-2H3,(H,19,21). The molecule has 0 radical (unpaired) electrons. The largest absolute Gasteiger partial charge is 0.388 e. The first-order chi connectivity index (χ1) is 10.6. The average molecular weight is 304 g/mol. The summed E-state index contributed by atoms with van der Waals surface area (Å²) < 4.78 is 0. The van der Waals surface area contributed by atoms with E-state index in [9.17, 15) is 9.90 Å². The fourth-order valence-corrected chi connectivity index (χ4v) is 3.19. The lowest BCUT2D eigenvalue weighted by Crippen LogP contribution is -2.34. The second-order valence-corrected chi connectivity index (χ2v) is 6.38. The van der Waals surface area contributed by atoms with E-state index in [4.69, 9.17) is 0 Å². The van der Waals surface area contributed by atoms with Gasteiger partial charge in [-0.25, -0.2) is 0 Å². The molecule has 0 bridgehead atoms. The number of benzene rings is 1. The van der Waals surface area contributed by atoms with E-state index in [1.54, 1.807) is 0 Å². The van der Waals surface area contributed by atoms with Crippen molar-refractivity contribution in [3.8, 4) is 0 Å². The van der Waals surface area contributed by atoms with E-state index >= 15 is 0 Å². The zero-order valence-corrected chi connectivity index (χ0v) is 13.7. The van der Waals surface area contributed by atoms with Crippen molar-refractivity contribution in [3.05, 3.63) is 29.8 Å². The summed E-state index contributed by atoms with van der Waals surface area (Å²) in [7, 11) is 2.17. The maximum atomic E-state index is 11.0. The molecule has 22 heavy (non-hydrogen) atoms. The highest BCUT2D eigenvalue weighted by Crippen LogP contribution is 2.24. The van der Waals surface area contributed by atoms with E-state index in [1.165, 1.54) is 39.0 Å². The normalized spacial score (nSPS) is 17.5. The van der Waals surface area contributed by atoms with Crippen LogP contribution in [0.4, 0.5) is 5.69 Å². The predicted molar refractivity (Wildman–Crippen MR) is 89.8 cm³/mol. The first-order valence-corrected chi connectivity index (χ1v) is 8.32. The minimum Gasteiger partial charge on any atom is -0.388 e. The van der Waals surface area contributed by atoms with Gasteiger partial charge in [-0.15, -0.1) is 0 Å². The number of anilines is 1. The van der Waals surface area contributed by atoms with Crippen molar-refractivity contribution in [3.63, 3.8) is 0 Å². The van der Waals surface area contributed by atoms with Crippen molar-refractivity contribution in [2.24, 2.45) is 0 Å². The molecule has 1 fully saturated rings. The quantitative estimate of drug-likeness (QED) is 0.847. The van der Waals surface area contributed by atoms with Gasteiger partial charge in [-0.2, -0.15) is 0 Å². The number of rotatable bonds is 6. The molecule has 1 aromatic rings. The number of aliphatic hydroxyl groups is 1. The van der Waals surface area contributed by atoms with Crippen LogP contribution in [-0.2, 0) is 4.79 Å². The highest BCUT2D eigenvalue weighted by Gasteiger charge is 2.18. The molecule has 1 saturated carbocycles. The van der Waals surface area contributed by atoms with Crippen LogP contribution in [0.1, 0.15) is 57.1 Å². The molecule has 1 amide bonds. The molecule has 4 nitrogen and oxygen atoms in total. The van der Waals surface area contributed by atoms with Crippen molar-refractivity contribution < 1.29 is 9.90 Å². The summed E-state index contributed by atoms with van der Waals surface area (Å²) in [5.41, 5.74) is 1.67. The molecule has 1 aliphatic carbocycles. The second kappa shape index (κ2) is 8.30. The van der Waals surface area contributed by atoms with Crippen molar-refractivity contribution >= 4 is 11.6 Å². The van der Waals surface area contributed by atoms with Gasteiger partial charge in [-0.05, 0) is 44.0 Å². The molecule has 2 rings (SSSR count). The number of hydrogen-bond donors (Lipinski definition) is 2. The SMILES string of the molecule is CC(=O)Nc1ccc(C(O)CCN(C)C2CCCCC2)cc1. The summed E-state index contributed by atoms with van der Waals surface area (Å²) in [5.74, 6) is -0.0811. The van der Waals surface area contributed by atoms with Crippen LogP contribution in [0.15, 0.2) is 24.3 Å². The summed E-state index contributed by atoms with van der Waals surface area (Å²) in [6.07, 6.45) is 6.91. The van der Waals surface area contributed by atoms with E-state index in [0.29, 0.717) is 6.04 Å². The Balaban J connectivity index is 1.80. The molecule has 0 spiro atoms. The summed E-state index contributed by atoms with van der Waals surface area (Å²) in [6, 6.07) is 8.13. The average Bonchev–Trinajstić information content (AvgIpc) is 2.53. The molecule has 1 atom stereocenters. The maximum absolute atomic E-state index is 11.0. The third-order valence-electron chi connectivity index (χ3n) is 4.57.